The van der Waals surface area contributed by atoms with Gasteiger partial charge in [0, 0.05) is 73.7 Å². The van der Waals surface area contributed by atoms with Crippen LogP contribution in [0, 0.1) is 76.2 Å². The molecule has 3 aliphatic carbocycles. The van der Waals surface area contributed by atoms with Crippen LogP contribution < -0.4 is 11.5 Å². The minimum Gasteiger partial charge on any atom is -0.369 e. The van der Waals surface area contributed by atoms with E-state index < -0.39 is 0 Å². The molecular weight excluding hydrogens is 1640 g/mol. The molecule has 3 aliphatic rings. The standard InChI is InChI=1S/C24H23N3O.2C23H21N3O.C20H20N4O.C20H18N4O/c1-13-5-7-17(8-6-13)14(2)20-11-19(22-15(3)27-28-16(22)4)12-21-23(20)26-24(25-21)18-9-10-18;1-13(16-7-5-4-6-8-16)19-11-18(21-14(2)26-27-15(21)3)12-20-22(19)25-23(24-20)17-9-10-17;1-14-21(15(2)27-26-14)19-12-18(9-8-16-6-4-3-5-7-16)22-20(13-19)24-23(25-22)17-10-11-17;2*1-11(14-7-5-4-6-8-14)16-9-15(18-12(2)24-25-13(18)3)10-17-19(16)23-20(21)22-17/h5-8,11-12,18H,2,9-10H2,1,3-4H3,(H,25,26);4-8,11-12,17H,1,9-10H2,2-3H3,(H,24,25);3-9,12-13,17H,10-11H2,1-2H3,(H,24,25);4-11H,1-3H3,(H3,21,22,23);4-10H,1H2,2-3H3,(H3,21,22,23)/b;;9-8+;;. The number of nitrogen functional groups attached to an aromatic ring is 2. The minimum atomic E-state index is 0.187. The molecule has 3 fully saturated rings. The summed E-state index contributed by atoms with van der Waals surface area (Å²) >= 11 is 0. The van der Waals surface area contributed by atoms with Gasteiger partial charge in [0.1, 0.15) is 46.3 Å². The first kappa shape index (κ1) is 85.6. The van der Waals surface area contributed by atoms with Crippen molar-refractivity contribution < 1.29 is 22.6 Å². The lowest BCUT2D eigenvalue weighted by atomic mass is 9.89. The van der Waals surface area contributed by atoms with Crippen LogP contribution in [0.1, 0.15) is 205 Å². The molecule has 1 atom stereocenters. The van der Waals surface area contributed by atoms with E-state index >= 15 is 0 Å². The number of nitrogens with zero attached hydrogens (tertiary/aromatic N) is 10. The summed E-state index contributed by atoms with van der Waals surface area (Å²) in [5.74, 6) is 10.1. The topological polar surface area (TPSA) is 326 Å². The molecule has 658 valence electrons. The van der Waals surface area contributed by atoms with Gasteiger partial charge in [0.2, 0.25) is 0 Å². The summed E-state index contributed by atoms with van der Waals surface area (Å²) in [5.41, 5.74) is 51.4. The van der Waals surface area contributed by atoms with E-state index in [0.29, 0.717) is 29.7 Å². The SMILES string of the molecule is C=C(c1ccc(C)cc1)c1cc(-c2c(C)noc2C)cc2[nH]c(C3CC3)nc12.C=C(c1ccccc1)c1cc(-c2c(C)noc2C)cc2[nH]c(C3CC3)nc12.C=C(c1ccccc1)c1cc(-c2c(C)noc2C)cc2[nH]c(N)nc12.Cc1noc(C)c1-c1cc(/C=C/c2ccccc2)c2nc(C3CC3)[nH]c2c1.Cc1noc(C)c1-c1cc(C(C)c2ccccc2)c2nc(N)[nH]c2c1. The van der Waals surface area contributed by atoms with Crippen LogP contribution in [-0.2, 0) is 0 Å². The summed E-state index contributed by atoms with van der Waals surface area (Å²) in [6.07, 6.45) is 11.6. The molecule has 0 bridgehead atoms. The number of rotatable bonds is 18. The zero-order valence-electron chi connectivity index (χ0n) is 76.1. The van der Waals surface area contributed by atoms with E-state index in [1.807, 2.05) is 136 Å². The molecule has 132 heavy (non-hydrogen) atoms. The van der Waals surface area contributed by atoms with E-state index in [1.165, 1.54) is 55.2 Å². The Balaban J connectivity index is 0.000000107. The molecule has 9 N–H and O–H groups in total. The number of benzene rings is 10. The average Bonchev–Trinajstić information content (AvgIpc) is 1.66. The van der Waals surface area contributed by atoms with Crippen LogP contribution in [0.2, 0.25) is 0 Å². The maximum Gasteiger partial charge on any atom is 0.198 e. The van der Waals surface area contributed by atoms with Crippen molar-refractivity contribution in [1.29, 1.82) is 0 Å². The first-order valence-electron chi connectivity index (χ1n) is 44.8. The monoisotopic (exact) mass is 1740 g/mol. The number of anilines is 2. The molecule has 3 saturated carbocycles. The molecule has 23 rings (SSSR count). The predicted molar refractivity (Wildman–Crippen MR) is 528 cm³/mol. The lowest BCUT2D eigenvalue weighted by Crippen LogP contribution is -1.98. The number of imidazole rings is 5. The quantitative estimate of drug-likeness (QED) is 0.0393. The van der Waals surface area contributed by atoms with Gasteiger partial charge < -0.3 is 59.0 Å². The van der Waals surface area contributed by atoms with Crippen molar-refractivity contribution in [1.82, 2.24) is 75.6 Å². The fourth-order valence-electron chi connectivity index (χ4n) is 17.9. The second kappa shape index (κ2) is 35.7. The zero-order chi connectivity index (χ0) is 91.4. The summed E-state index contributed by atoms with van der Waals surface area (Å²) in [5, 5.41) is 20.5. The van der Waals surface area contributed by atoms with Crippen molar-refractivity contribution in [2.45, 2.75) is 145 Å². The number of H-pyrrole nitrogens is 5. The molecule has 0 amide bonds. The van der Waals surface area contributed by atoms with Crippen LogP contribution in [0.15, 0.2) is 249 Å². The van der Waals surface area contributed by atoms with Gasteiger partial charge in [-0.25, -0.2) is 24.9 Å². The third kappa shape index (κ3) is 17.5. The number of hydrogen-bond acceptors (Lipinski definition) is 17. The lowest BCUT2D eigenvalue weighted by molar-refractivity contribution is 0.393. The van der Waals surface area contributed by atoms with Crippen molar-refractivity contribution in [3.8, 4) is 55.6 Å². The average molecular weight is 1740 g/mol. The van der Waals surface area contributed by atoms with Gasteiger partial charge in [-0.2, -0.15) is 0 Å². The summed E-state index contributed by atoms with van der Waals surface area (Å²) in [6.45, 7) is 36.9. The summed E-state index contributed by atoms with van der Waals surface area (Å²) < 4.78 is 26.9. The number of fused-ring (bicyclic) bond motifs is 5. The molecule has 10 aromatic carbocycles. The van der Waals surface area contributed by atoms with Gasteiger partial charge in [-0.05, 0) is 253 Å². The van der Waals surface area contributed by atoms with E-state index in [4.69, 9.17) is 49.0 Å². The maximum absolute atomic E-state index is 5.93. The molecule has 10 heterocycles. The van der Waals surface area contributed by atoms with Gasteiger partial charge >= 0.3 is 0 Å². The molecule has 0 spiro atoms. The molecule has 0 radical (unpaired) electrons. The third-order valence-corrected chi connectivity index (χ3v) is 25.2. The van der Waals surface area contributed by atoms with Gasteiger partial charge in [0.25, 0.3) is 0 Å². The van der Waals surface area contributed by atoms with E-state index in [1.54, 1.807) is 0 Å². The highest BCUT2D eigenvalue weighted by atomic mass is 16.5. The van der Waals surface area contributed by atoms with Crippen molar-refractivity contribution in [2.24, 2.45) is 0 Å². The second-order valence-electron chi connectivity index (χ2n) is 35.0. The molecule has 22 nitrogen and oxygen atoms in total. The second-order valence-corrected chi connectivity index (χ2v) is 35.0. The van der Waals surface area contributed by atoms with Crippen LogP contribution in [0.4, 0.5) is 11.9 Å². The zero-order valence-corrected chi connectivity index (χ0v) is 76.1. The summed E-state index contributed by atoms with van der Waals surface area (Å²) in [7, 11) is 0. The molecular formula is C110H103N17O5. The lowest BCUT2D eigenvalue weighted by Gasteiger charge is -2.15. The molecule has 10 aromatic heterocycles. The van der Waals surface area contributed by atoms with E-state index in [-0.39, 0.29) is 5.92 Å². The smallest absolute Gasteiger partial charge is 0.198 e. The van der Waals surface area contributed by atoms with Gasteiger partial charge in [-0.1, -0.05) is 216 Å². The van der Waals surface area contributed by atoms with E-state index in [9.17, 15) is 0 Å². The van der Waals surface area contributed by atoms with Gasteiger partial charge in [-0.3, -0.25) is 0 Å². The Labute approximate surface area is 763 Å². The van der Waals surface area contributed by atoms with E-state index in [2.05, 4.69) is 246 Å². The highest BCUT2D eigenvalue weighted by molar-refractivity contribution is 6.01. The van der Waals surface area contributed by atoms with E-state index in [0.717, 1.165) is 247 Å². The third-order valence-electron chi connectivity index (χ3n) is 25.2. The first-order chi connectivity index (χ1) is 63.9. The van der Waals surface area contributed by atoms with Gasteiger partial charge in [0.05, 0.1) is 83.6 Å². The van der Waals surface area contributed by atoms with Crippen molar-refractivity contribution in [2.75, 3.05) is 11.5 Å². The van der Waals surface area contributed by atoms with Crippen LogP contribution >= 0.6 is 0 Å². The van der Waals surface area contributed by atoms with Gasteiger partial charge in [-0.15, -0.1) is 0 Å². The Morgan fingerprint density at radius 2 is 0.636 bits per heavy atom. The Bertz CT molecular complexity index is 7680. The Morgan fingerprint density at radius 1 is 0.333 bits per heavy atom. The van der Waals surface area contributed by atoms with Crippen LogP contribution in [-0.4, -0.2) is 75.6 Å². The maximum atomic E-state index is 5.93. The van der Waals surface area contributed by atoms with Gasteiger partial charge in [0.15, 0.2) is 11.9 Å². The highest BCUT2D eigenvalue weighted by Crippen LogP contribution is 2.47. The van der Waals surface area contributed by atoms with Crippen molar-refractivity contribution in [3.63, 3.8) is 0 Å². The number of aromatic nitrogens is 15. The van der Waals surface area contributed by atoms with Crippen molar-refractivity contribution >= 4 is 95.9 Å². The summed E-state index contributed by atoms with van der Waals surface area (Å²) in [4.78, 5) is 40.7. The van der Waals surface area contributed by atoms with Crippen molar-refractivity contribution in [3.05, 3.63) is 362 Å². The number of aryl methyl sites for hydroxylation is 11. The predicted octanol–water partition coefficient (Wildman–Crippen LogP) is 26.8. The summed E-state index contributed by atoms with van der Waals surface area (Å²) in [6, 6.07) is 70.9. The molecule has 0 saturated heterocycles. The molecule has 20 aromatic rings. The Kier molecular flexibility index (Phi) is 23.1. The van der Waals surface area contributed by atoms with Crippen LogP contribution in [0.3, 0.4) is 0 Å². The molecule has 22 heteroatoms. The number of hydrogen-bond donors (Lipinski definition) is 7. The van der Waals surface area contributed by atoms with Crippen LogP contribution in [0.5, 0.6) is 0 Å². The fraction of sp³-hybridized carbons (Fsp3) is 0.200. The largest absolute Gasteiger partial charge is 0.369 e. The Morgan fingerprint density at radius 3 is 1.00 bits per heavy atom. The van der Waals surface area contributed by atoms with Crippen LogP contribution in [0.25, 0.3) is 140 Å². The Hall–Kier alpha value is -15.8. The number of nitrogens with one attached hydrogen (secondary N) is 5. The molecule has 0 aliphatic heterocycles. The highest BCUT2D eigenvalue weighted by Gasteiger charge is 2.32. The minimum absolute atomic E-state index is 0.187. The molecule has 1 unspecified atom stereocenters. The first-order valence-corrected chi connectivity index (χ1v) is 44.8. The number of nitrogens with two attached hydrogens (primary N) is 2. The number of aromatic amines is 5. The fourth-order valence-corrected chi connectivity index (χ4v) is 17.9. The normalized spacial score (nSPS) is 13.3.